The molecule has 78 valence electrons. The summed E-state index contributed by atoms with van der Waals surface area (Å²) in [5.74, 6) is 0. The first-order valence-corrected chi connectivity index (χ1v) is 5.25. The molecule has 0 saturated heterocycles. The third-order valence-corrected chi connectivity index (χ3v) is 2.34. The number of nitrogens with one attached hydrogen (secondary N) is 1. The number of hydrogen-bond donors (Lipinski definition) is 2. The van der Waals surface area contributed by atoms with Crippen molar-refractivity contribution in [3.05, 3.63) is 23.3 Å². The fraction of sp³-hybridized carbons (Fsp3) is 0.500. The molecule has 0 atom stereocenters. The molecular weight excluding hydrogens is 172 g/mol. The van der Waals surface area contributed by atoms with Crippen LogP contribution in [0.25, 0.3) is 0 Å². The summed E-state index contributed by atoms with van der Waals surface area (Å²) >= 11 is 0. The lowest BCUT2D eigenvalue weighted by atomic mass is 10.1. The van der Waals surface area contributed by atoms with E-state index in [1.807, 2.05) is 6.07 Å². The largest absolute Gasteiger partial charge is 0.397 e. The summed E-state index contributed by atoms with van der Waals surface area (Å²) in [6.45, 7) is 7.36. The van der Waals surface area contributed by atoms with Crippen LogP contribution in [0.1, 0.15) is 30.9 Å². The Morgan fingerprint density at radius 3 is 2.57 bits per heavy atom. The van der Waals surface area contributed by atoms with Crippen molar-refractivity contribution < 1.29 is 0 Å². The normalized spacial score (nSPS) is 10.2. The average molecular weight is 192 g/mol. The second kappa shape index (κ2) is 4.89. The number of nitrogen functional groups attached to an aromatic ring is 1. The summed E-state index contributed by atoms with van der Waals surface area (Å²) in [6, 6.07) is 4.17. The number of rotatable bonds is 4. The van der Waals surface area contributed by atoms with Crippen LogP contribution >= 0.6 is 0 Å². The Balaban J connectivity index is 2.75. The molecule has 2 heteroatoms. The first-order chi connectivity index (χ1) is 6.65. The van der Waals surface area contributed by atoms with Crippen LogP contribution < -0.4 is 11.1 Å². The Morgan fingerprint density at radius 1 is 1.29 bits per heavy atom. The Bertz CT molecular complexity index is 282. The molecule has 1 aromatic rings. The number of anilines is 2. The zero-order valence-electron chi connectivity index (χ0n) is 9.35. The Labute approximate surface area is 86.5 Å². The van der Waals surface area contributed by atoms with Crippen LogP contribution in [0.4, 0.5) is 11.4 Å². The van der Waals surface area contributed by atoms with E-state index < -0.39 is 0 Å². The van der Waals surface area contributed by atoms with Crippen LogP contribution in [0, 0.1) is 13.8 Å². The Kier molecular flexibility index (Phi) is 3.81. The summed E-state index contributed by atoms with van der Waals surface area (Å²) in [7, 11) is 0. The lowest BCUT2D eigenvalue weighted by molar-refractivity contribution is 0.834. The van der Waals surface area contributed by atoms with E-state index in [9.17, 15) is 0 Å². The van der Waals surface area contributed by atoms with Gasteiger partial charge in [-0.3, -0.25) is 0 Å². The molecule has 0 fully saturated rings. The maximum Gasteiger partial charge on any atom is 0.0603 e. The minimum absolute atomic E-state index is 0.860. The highest BCUT2D eigenvalue weighted by Gasteiger charge is 2.02. The van der Waals surface area contributed by atoms with E-state index in [-0.39, 0.29) is 0 Å². The van der Waals surface area contributed by atoms with E-state index in [0.29, 0.717) is 0 Å². The van der Waals surface area contributed by atoms with Gasteiger partial charge in [-0.1, -0.05) is 19.4 Å². The van der Waals surface area contributed by atoms with Crippen molar-refractivity contribution in [1.29, 1.82) is 0 Å². The van der Waals surface area contributed by atoms with E-state index in [0.717, 1.165) is 17.9 Å². The van der Waals surface area contributed by atoms with Crippen molar-refractivity contribution in [3.8, 4) is 0 Å². The van der Waals surface area contributed by atoms with Crippen molar-refractivity contribution in [1.82, 2.24) is 0 Å². The van der Waals surface area contributed by atoms with Gasteiger partial charge in [-0.25, -0.2) is 0 Å². The third-order valence-electron chi connectivity index (χ3n) is 2.34. The fourth-order valence-electron chi connectivity index (χ4n) is 1.63. The van der Waals surface area contributed by atoms with Gasteiger partial charge in [-0.05, 0) is 37.5 Å². The van der Waals surface area contributed by atoms with Gasteiger partial charge in [0.25, 0.3) is 0 Å². The summed E-state index contributed by atoms with van der Waals surface area (Å²) in [5.41, 5.74) is 10.4. The van der Waals surface area contributed by atoms with Gasteiger partial charge in [0.05, 0.1) is 11.4 Å². The summed E-state index contributed by atoms with van der Waals surface area (Å²) in [5, 5.41) is 3.38. The monoisotopic (exact) mass is 192 g/mol. The highest BCUT2D eigenvalue weighted by Crippen LogP contribution is 2.24. The topological polar surface area (TPSA) is 38.0 Å². The lowest BCUT2D eigenvalue weighted by Crippen LogP contribution is -2.05. The summed E-state index contributed by atoms with van der Waals surface area (Å²) in [6.07, 6.45) is 2.39. The van der Waals surface area contributed by atoms with Gasteiger partial charge >= 0.3 is 0 Å². The van der Waals surface area contributed by atoms with Crippen LogP contribution in [0.3, 0.4) is 0 Å². The van der Waals surface area contributed by atoms with Gasteiger partial charge in [0.2, 0.25) is 0 Å². The molecule has 0 saturated carbocycles. The number of aryl methyl sites for hydroxylation is 2. The SMILES string of the molecule is CCCCNc1c(C)cc(C)cc1N. The van der Waals surface area contributed by atoms with Gasteiger partial charge in [0, 0.05) is 6.54 Å². The Hall–Kier alpha value is -1.18. The molecule has 0 aliphatic heterocycles. The van der Waals surface area contributed by atoms with Gasteiger partial charge in [0.1, 0.15) is 0 Å². The van der Waals surface area contributed by atoms with Crippen molar-refractivity contribution in [2.75, 3.05) is 17.6 Å². The van der Waals surface area contributed by atoms with E-state index in [1.54, 1.807) is 0 Å². The second-order valence-electron chi connectivity index (χ2n) is 3.83. The molecule has 0 bridgehead atoms. The maximum atomic E-state index is 5.94. The molecule has 0 radical (unpaired) electrons. The van der Waals surface area contributed by atoms with Crippen molar-refractivity contribution in [3.63, 3.8) is 0 Å². The molecule has 14 heavy (non-hydrogen) atoms. The molecule has 0 spiro atoms. The molecule has 0 aliphatic carbocycles. The minimum atomic E-state index is 0.860. The number of unbranched alkanes of at least 4 members (excludes halogenated alkanes) is 1. The maximum absolute atomic E-state index is 5.94. The molecule has 1 aromatic carbocycles. The molecule has 0 aromatic heterocycles. The lowest BCUT2D eigenvalue weighted by Gasteiger charge is -2.12. The molecular formula is C12H20N2. The smallest absolute Gasteiger partial charge is 0.0603 e. The van der Waals surface area contributed by atoms with Gasteiger partial charge < -0.3 is 11.1 Å². The van der Waals surface area contributed by atoms with Crippen LogP contribution in [0.5, 0.6) is 0 Å². The molecule has 0 aliphatic rings. The zero-order valence-corrected chi connectivity index (χ0v) is 9.35. The van der Waals surface area contributed by atoms with E-state index in [2.05, 4.69) is 32.2 Å². The molecule has 2 nitrogen and oxygen atoms in total. The first kappa shape index (κ1) is 10.9. The highest BCUT2D eigenvalue weighted by atomic mass is 14.9. The number of nitrogens with two attached hydrogens (primary N) is 1. The van der Waals surface area contributed by atoms with Crippen molar-refractivity contribution in [2.45, 2.75) is 33.6 Å². The first-order valence-electron chi connectivity index (χ1n) is 5.25. The molecule has 0 amide bonds. The van der Waals surface area contributed by atoms with Gasteiger partial charge in [-0.2, -0.15) is 0 Å². The quantitative estimate of drug-likeness (QED) is 0.568. The number of hydrogen-bond acceptors (Lipinski definition) is 2. The average Bonchev–Trinajstić information content (AvgIpc) is 2.09. The van der Waals surface area contributed by atoms with Gasteiger partial charge in [-0.15, -0.1) is 0 Å². The van der Waals surface area contributed by atoms with Gasteiger partial charge in [0.15, 0.2) is 0 Å². The molecule has 3 N–H and O–H groups in total. The predicted molar refractivity (Wildman–Crippen MR) is 63.7 cm³/mol. The standard InChI is InChI=1S/C12H20N2/c1-4-5-6-14-12-10(3)7-9(2)8-11(12)13/h7-8,14H,4-6,13H2,1-3H3. The van der Waals surface area contributed by atoms with Crippen LogP contribution in [-0.4, -0.2) is 6.54 Å². The molecule has 0 unspecified atom stereocenters. The van der Waals surface area contributed by atoms with Crippen molar-refractivity contribution >= 4 is 11.4 Å². The fourth-order valence-corrected chi connectivity index (χ4v) is 1.63. The second-order valence-corrected chi connectivity index (χ2v) is 3.83. The minimum Gasteiger partial charge on any atom is -0.397 e. The van der Waals surface area contributed by atoms with Crippen molar-refractivity contribution in [2.24, 2.45) is 0 Å². The predicted octanol–water partition coefficient (Wildman–Crippen LogP) is 3.10. The van der Waals surface area contributed by atoms with Crippen LogP contribution in [0.2, 0.25) is 0 Å². The van der Waals surface area contributed by atoms with E-state index in [1.165, 1.54) is 24.0 Å². The van der Waals surface area contributed by atoms with Crippen LogP contribution in [-0.2, 0) is 0 Å². The van der Waals surface area contributed by atoms with Crippen LogP contribution in [0.15, 0.2) is 12.1 Å². The molecule has 0 heterocycles. The highest BCUT2D eigenvalue weighted by molar-refractivity contribution is 5.71. The number of benzene rings is 1. The molecule has 1 rings (SSSR count). The summed E-state index contributed by atoms with van der Waals surface area (Å²) < 4.78 is 0. The van der Waals surface area contributed by atoms with E-state index >= 15 is 0 Å². The van der Waals surface area contributed by atoms with E-state index in [4.69, 9.17) is 5.73 Å². The zero-order chi connectivity index (χ0) is 10.6. The third kappa shape index (κ3) is 2.66. The Morgan fingerprint density at radius 2 is 2.00 bits per heavy atom. The summed E-state index contributed by atoms with van der Waals surface area (Å²) in [4.78, 5) is 0.